The van der Waals surface area contributed by atoms with Crippen LogP contribution >= 0.6 is 0 Å². The van der Waals surface area contributed by atoms with Crippen molar-refractivity contribution in [1.82, 2.24) is 34.5 Å². The van der Waals surface area contributed by atoms with Gasteiger partial charge < -0.3 is 15.0 Å². The van der Waals surface area contributed by atoms with E-state index in [4.69, 9.17) is 14.7 Å². The number of rotatable bonds is 8. The molecule has 0 radical (unpaired) electrons. The zero-order valence-electron chi connectivity index (χ0n) is 25.0. The van der Waals surface area contributed by atoms with Crippen LogP contribution in [0.5, 0.6) is 11.6 Å². The van der Waals surface area contributed by atoms with Crippen molar-refractivity contribution in [3.05, 3.63) is 89.4 Å². The van der Waals surface area contributed by atoms with E-state index in [0.717, 1.165) is 55.1 Å². The summed E-state index contributed by atoms with van der Waals surface area (Å²) in [4.78, 5) is 31.8. The highest BCUT2D eigenvalue weighted by Crippen LogP contribution is 2.32. The first-order valence-electron chi connectivity index (χ1n) is 14.6. The van der Waals surface area contributed by atoms with Crippen LogP contribution in [0.1, 0.15) is 34.0 Å². The minimum Gasteiger partial charge on any atom is -0.438 e. The number of anilines is 1. The van der Waals surface area contributed by atoms with Crippen LogP contribution < -0.4 is 10.1 Å². The van der Waals surface area contributed by atoms with E-state index in [1.165, 1.54) is 5.56 Å². The molecule has 1 aliphatic rings. The Labute approximate surface area is 251 Å². The lowest BCUT2D eigenvalue weighted by Gasteiger charge is -2.32. The summed E-state index contributed by atoms with van der Waals surface area (Å²) in [5.74, 6) is 1.22. The number of likely N-dealkylation sites (N-methyl/N-ethyl adjacent to an activating group) is 1. The number of nitrogens with zero attached hydrogens (tertiary/aromatic N) is 7. The maximum absolute atomic E-state index is 13.3. The van der Waals surface area contributed by atoms with Crippen LogP contribution in [0.2, 0.25) is 0 Å². The van der Waals surface area contributed by atoms with E-state index >= 15 is 0 Å². The lowest BCUT2D eigenvalue weighted by molar-refractivity contribution is 0.102. The Kier molecular flexibility index (Phi) is 8.13. The molecule has 3 aromatic heterocycles. The fourth-order valence-corrected chi connectivity index (χ4v) is 5.23. The van der Waals surface area contributed by atoms with E-state index in [-0.39, 0.29) is 5.91 Å². The van der Waals surface area contributed by atoms with Gasteiger partial charge in [0, 0.05) is 68.5 Å². The lowest BCUT2D eigenvalue weighted by atomic mass is 10.1. The summed E-state index contributed by atoms with van der Waals surface area (Å²) in [5.41, 5.74) is 6.07. The second-order valence-electron chi connectivity index (χ2n) is 11.0. The molecule has 10 heteroatoms. The molecule has 0 atom stereocenters. The van der Waals surface area contributed by atoms with Gasteiger partial charge in [0.2, 0.25) is 5.88 Å². The summed E-state index contributed by atoms with van der Waals surface area (Å²) < 4.78 is 8.20. The van der Waals surface area contributed by atoms with Crippen LogP contribution in [0.4, 0.5) is 5.69 Å². The first kappa shape index (κ1) is 28.4. The average Bonchev–Trinajstić information content (AvgIpc) is 3.44. The van der Waals surface area contributed by atoms with Crippen molar-refractivity contribution in [1.29, 1.82) is 0 Å². The van der Waals surface area contributed by atoms with Crippen molar-refractivity contribution in [2.45, 2.75) is 33.9 Å². The fraction of sp³-hybridized carbons (Fsp3) is 0.303. The minimum atomic E-state index is -0.208. The highest BCUT2D eigenvalue weighted by molar-refractivity contribution is 6.04. The number of ether oxygens (including phenoxy) is 1. The number of nitrogens with one attached hydrogen (secondary N) is 1. The molecule has 2 aromatic carbocycles. The van der Waals surface area contributed by atoms with Gasteiger partial charge in [-0.1, -0.05) is 12.1 Å². The van der Waals surface area contributed by atoms with Crippen molar-refractivity contribution in [2.24, 2.45) is 0 Å². The number of piperazine rings is 1. The largest absolute Gasteiger partial charge is 0.438 e. The molecule has 6 rings (SSSR count). The van der Waals surface area contributed by atoms with Crippen LogP contribution in [0.15, 0.2) is 67.1 Å². The van der Waals surface area contributed by atoms with Gasteiger partial charge in [-0.3, -0.25) is 14.7 Å². The van der Waals surface area contributed by atoms with Gasteiger partial charge in [0.1, 0.15) is 11.1 Å². The number of pyridine rings is 1. The van der Waals surface area contributed by atoms with Gasteiger partial charge in [-0.2, -0.15) is 10.1 Å². The smallest absolute Gasteiger partial charge is 0.255 e. The highest BCUT2D eigenvalue weighted by Gasteiger charge is 2.18. The fourth-order valence-electron chi connectivity index (χ4n) is 5.23. The predicted octanol–water partition coefficient (Wildman–Crippen LogP) is 5.32. The number of hydrogen-bond acceptors (Lipinski definition) is 8. The van der Waals surface area contributed by atoms with Crippen LogP contribution in [0, 0.1) is 13.8 Å². The van der Waals surface area contributed by atoms with Gasteiger partial charge in [0.05, 0.1) is 6.20 Å². The Bertz CT molecular complexity index is 1760. The first-order chi connectivity index (χ1) is 20.9. The number of aromatic nitrogens is 5. The summed E-state index contributed by atoms with van der Waals surface area (Å²) in [6.45, 7) is 11.9. The number of carbonyl (C=O) groups is 1. The number of hydrogen-bond donors (Lipinski definition) is 1. The summed E-state index contributed by atoms with van der Waals surface area (Å²) in [5, 5.41) is 8.22. The SMILES string of the molecule is CCn1ncc2c(Oc3cc(C(=O)Nc4ccc(CN5CCN(C)CC5)c(C)c4)ccc3C)nc(-c3ccncc3)nc21. The van der Waals surface area contributed by atoms with Gasteiger partial charge in [-0.05, 0) is 80.9 Å². The minimum absolute atomic E-state index is 0.208. The Balaban J connectivity index is 1.22. The van der Waals surface area contributed by atoms with Crippen molar-refractivity contribution in [3.63, 3.8) is 0 Å². The third-order valence-corrected chi connectivity index (χ3v) is 7.95. The second-order valence-corrected chi connectivity index (χ2v) is 11.0. The summed E-state index contributed by atoms with van der Waals surface area (Å²) in [6, 6.07) is 15.3. The van der Waals surface area contributed by atoms with E-state index in [1.807, 2.05) is 48.9 Å². The van der Waals surface area contributed by atoms with Crippen molar-refractivity contribution >= 4 is 22.6 Å². The molecule has 0 bridgehead atoms. The van der Waals surface area contributed by atoms with Gasteiger partial charge >= 0.3 is 0 Å². The van der Waals surface area contributed by atoms with E-state index in [9.17, 15) is 4.79 Å². The molecule has 4 heterocycles. The van der Waals surface area contributed by atoms with Crippen molar-refractivity contribution < 1.29 is 9.53 Å². The monoisotopic (exact) mass is 576 g/mol. The number of carbonyl (C=O) groups excluding carboxylic acids is 1. The van der Waals surface area contributed by atoms with Crippen molar-refractivity contribution in [2.75, 3.05) is 38.5 Å². The Hall–Kier alpha value is -4.67. The van der Waals surface area contributed by atoms with Crippen LogP contribution in [-0.4, -0.2) is 73.7 Å². The van der Waals surface area contributed by atoms with Gasteiger partial charge in [0.15, 0.2) is 11.5 Å². The number of aryl methyl sites for hydroxylation is 3. The third-order valence-electron chi connectivity index (χ3n) is 7.95. The number of amides is 1. The normalized spacial score (nSPS) is 14.2. The Morgan fingerprint density at radius 1 is 0.953 bits per heavy atom. The highest BCUT2D eigenvalue weighted by atomic mass is 16.5. The molecular formula is C33H36N8O2. The predicted molar refractivity (Wildman–Crippen MR) is 167 cm³/mol. The zero-order chi connectivity index (χ0) is 29.9. The summed E-state index contributed by atoms with van der Waals surface area (Å²) >= 11 is 0. The molecule has 5 aromatic rings. The summed E-state index contributed by atoms with van der Waals surface area (Å²) in [7, 11) is 2.17. The molecule has 1 N–H and O–H groups in total. The van der Waals surface area contributed by atoms with Crippen LogP contribution in [-0.2, 0) is 13.1 Å². The van der Waals surface area contributed by atoms with E-state index < -0.39 is 0 Å². The molecule has 43 heavy (non-hydrogen) atoms. The topological polar surface area (TPSA) is 101 Å². The second kappa shape index (κ2) is 12.3. The third kappa shape index (κ3) is 6.25. The average molecular weight is 577 g/mol. The molecule has 1 saturated heterocycles. The van der Waals surface area contributed by atoms with E-state index in [2.05, 4.69) is 45.2 Å². The maximum atomic E-state index is 13.3. The molecule has 1 aliphatic heterocycles. The molecular weight excluding hydrogens is 540 g/mol. The van der Waals surface area contributed by atoms with Gasteiger partial charge in [-0.25, -0.2) is 9.67 Å². The Morgan fingerprint density at radius 3 is 2.49 bits per heavy atom. The van der Waals surface area contributed by atoms with Crippen LogP contribution in [0.25, 0.3) is 22.4 Å². The molecule has 1 fully saturated rings. The molecule has 0 unspecified atom stereocenters. The standard InChI is InChI=1S/C33H36N8O2/c1-5-41-31-28(20-35-41)33(38-30(37-31)24-10-12-34-13-11-24)43-29-19-25(7-6-22(29)2)32(42)36-27-9-8-26(23(3)18-27)21-40-16-14-39(4)15-17-40/h6-13,18-20H,5,14-17,21H2,1-4H3,(H,36,42). The molecule has 0 saturated carbocycles. The molecule has 220 valence electrons. The van der Waals surface area contributed by atoms with Gasteiger partial charge in [-0.15, -0.1) is 0 Å². The molecule has 1 amide bonds. The lowest BCUT2D eigenvalue weighted by Crippen LogP contribution is -2.43. The molecule has 0 spiro atoms. The first-order valence-corrected chi connectivity index (χ1v) is 14.6. The molecule has 10 nitrogen and oxygen atoms in total. The Morgan fingerprint density at radius 2 is 1.74 bits per heavy atom. The van der Waals surface area contributed by atoms with Crippen LogP contribution in [0.3, 0.4) is 0 Å². The maximum Gasteiger partial charge on any atom is 0.255 e. The number of benzene rings is 2. The zero-order valence-corrected chi connectivity index (χ0v) is 25.0. The quantitative estimate of drug-likeness (QED) is 0.265. The van der Waals surface area contributed by atoms with E-state index in [0.29, 0.717) is 40.6 Å². The van der Waals surface area contributed by atoms with E-state index in [1.54, 1.807) is 30.7 Å². The van der Waals surface area contributed by atoms with Crippen molar-refractivity contribution in [3.8, 4) is 23.0 Å². The number of fused-ring (bicyclic) bond motifs is 1. The summed E-state index contributed by atoms with van der Waals surface area (Å²) in [6.07, 6.45) is 5.12. The van der Waals surface area contributed by atoms with Gasteiger partial charge in [0.25, 0.3) is 5.91 Å². The molecule has 0 aliphatic carbocycles.